The lowest BCUT2D eigenvalue weighted by atomic mass is 9.98. The molecule has 1 aliphatic carbocycles. The summed E-state index contributed by atoms with van der Waals surface area (Å²) in [6.07, 6.45) is 2.86. The maximum Gasteiger partial charge on any atom is 0.213 e. The van der Waals surface area contributed by atoms with Gasteiger partial charge in [-0.2, -0.15) is 0 Å². The second-order valence-corrected chi connectivity index (χ2v) is 3.73. The lowest BCUT2D eigenvalue weighted by Crippen LogP contribution is -2.00. The minimum absolute atomic E-state index is 0.00519. The first-order valence-corrected chi connectivity index (χ1v) is 4.92. The third-order valence-corrected chi connectivity index (χ3v) is 2.75. The summed E-state index contributed by atoms with van der Waals surface area (Å²) < 4.78 is 18.4. The summed E-state index contributed by atoms with van der Waals surface area (Å²) in [6, 6.07) is 1.58. The first-order chi connectivity index (χ1) is 7.20. The van der Waals surface area contributed by atoms with E-state index >= 15 is 0 Å². The number of ether oxygens (including phenoxy) is 1. The normalized spacial score (nSPS) is 20.7. The summed E-state index contributed by atoms with van der Waals surface area (Å²) in [5.41, 5.74) is 0.549. The van der Waals surface area contributed by atoms with E-state index in [9.17, 15) is 9.18 Å². The number of aromatic nitrogens is 1. The number of methoxy groups -OCH3 is 1. The summed E-state index contributed by atoms with van der Waals surface area (Å²) in [6.45, 7) is 0. The molecular formula is C11H12FNO2. The van der Waals surface area contributed by atoms with Crippen LogP contribution in [0.1, 0.15) is 30.7 Å². The van der Waals surface area contributed by atoms with E-state index in [0.29, 0.717) is 24.3 Å². The molecule has 0 aliphatic heterocycles. The van der Waals surface area contributed by atoms with Gasteiger partial charge in [0.15, 0.2) is 0 Å². The zero-order valence-electron chi connectivity index (χ0n) is 8.50. The van der Waals surface area contributed by atoms with Crippen molar-refractivity contribution in [2.75, 3.05) is 7.11 Å². The van der Waals surface area contributed by atoms with E-state index in [1.807, 2.05) is 0 Å². The number of pyridine rings is 1. The smallest absolute Gasteiger partial charge is 0.213 e. The Morgan fingerprint density at radius 3 is 3.00 bits per heavy atom. The van der Waals surface area contributed by atoms with E-state index in [4.69, 9.17) is 4.74 Å². The molecule has 4 heteroatoms. The number of hydrogen-bond donors (Lipinski definition) is 0. The average molecular weight is 209 g/mol. The van der Waals surface area contributed by atoms with Crippen molar-refractivity contribution in [2.45, 2.75) is 25.2 Å². The number of nitrogens with zero attached hydrogens (tertiary/aromatic N) is 1. The molecule has 1 atom stereocenters. The lowest BCUT2D eigenvalue weighted by Gasteiger charge is -2.10. The number of carbonyl (C=O) groups is 1. The first kappa shape index (κ1) is 10.1. The Hall–Kier alpha value is -1.45. The van der Waals surface area contributed by atoms with Crippen molar-refractivity contribution in [3.05, 3.63) is 23.6 Å². The summed E-state index contributed by atoms with van der Waals surface area (Å²) in [7, 11) is 1.49. The summed E-state index contributed by atoms with van der Waals surface area (Å²) in [4.78, 5) is 14.9. The first-order valence-electron chi connectivity index (χ1n) is 4.92. The fourth-order valence-corrected chi connectivity index (χ4v) is 1.94. The number of ketones is 1. The number of halogens is 1. The molecule has 0 amide bonds. The van der Waals surface area contributed by atoms with E-state index in [0.717, 1.165) is 12.6 Å². The summed E-state index contributed by atoms with van der Waals surface area (Å²) in [5, 5.41) is 0. The molecule has 0 aromatic carbocycles. The van der Waals surface area contributed by atoms with Crippen LogP contribution in [0.4, 0.5) is 4.39 Å². The molecule has 80 valence electrons. The average Bonchev–Trinajstić information content (AvgIpc) is 2.65. The SMILES string of the molecule is COc1cc(C2CCC(=O)C2)c(F)cn1. The molecule has 0 saturated heterocycles. The van der Waals surface area contributed by atoms with Gasteiger partial charge < -0.3 is 4.74 Å². The monoisotopic (exact) mass is 209 g/mol. The Labute approximate surface area is 87.3 Å². The van der Waals surface area contributed by atoms with Crippen LogP contribution in [0.3, 0.4) is 0 Å². The molecule has 0 spiro atoms. The molecule has 1 aromatic rings. The van der Waals surface area contributed by atoms with E-state index in [1.165, 1.54) is 7.11 Å². The van der Waals surface area contributed by atoms with Crippen LogP contribution in [0.2, 0.25) is 0 Å². The van der Waals surface area contributed by atoms with Crippen molar-refractivity contribution in [2.24, 2.45) is 0 Å². The molecule has 1 aliphatic rings. The van der Waals surface area contributed by atoms with Crippen LogP contribution in [0.15, 0.2) is 12.3 Å². The quantitative estimate of drug-likeness (QED) is 0.748. The second-order valence-electron chi connectivity index (χ2n) is 3.73. The van der Waals surface area contributed by atoms with Crippen molar-refractivity contribution < 1.29 is 13.9 Å². The van der Waals surface area contributed by atoms with Crippen molar-refractivity contribution in [1.82, 2.24) is 4.98 Å². The highest BCUT2D eigenvalue weighted by Gasteiger charge is 2.26. The molecule has 1 fully saturated rings. The molecule has 0 radical (unpaired) electrons. The van der Waals surface area contributed by atoms with Crippen molar-refractivity contribution in [3.63, 3.8) is 0 Å². The minimum Gasteiger partial charge on any atom is -0.481 e. The van der Waals surface area contributed by atoms with Gasteiger partial charge in [0.2, 0.25) is 5.88 Å². The van der Waals surface area contributed by atoms with Gasteiger partial charge in [-0.15, -0.1) is 0 Å². The molecule has 0 N–H and O–H groups in total. The van der Waals surface area contributed by atoms with Gasteiger partial charge in [0, 0.05) is 18.9 Å². The summed E-state index contributed by atoms with van der Waals surface area (Å²) >= 11 is 0. The van der Waals surface area contributed by atoms with Crippen LogP contribution in [-0.4, -0.2) is 17.9 Å². The largest absolute Gasteiger partial charge is 0.481 e. The zero-order chi connectivity index (χ0) is 10.8. The Bertz CT molecular complexity index is 392. The topological polar surface area (TPSA) is 39.2 Å². The van der Waals surface area contributed by atoms with E-state index in [2.05, 4.69) is 4.98 Å². The molecule has 0 bridgehead atoms. The van der Waals surface area contributed by atoms with Crippen LogP contribution in [0.25, 0.3) is 0 Å². The summed E-state index contributed by atoms with van der Waals surface area (Å²) in [5.74, 6) is 0.242. The number of Topliss-reactive ketones (excluding diaryl/α,β-unsaturated/α-hetero) is 1. The molecule has 3 nitrogen and oxygen atoms in total. The van der Waals surface area contributed by atoms with Crippen LogP contribution in [-0.2, 0) is 4.79 Å². The number of carbonyl (C=O) groups excluding carboxylic acids is 1. The van der Waals surface area contributed by atoms with Gasteiger partial charge in [0.1, 0.15) is 11.6 Å². The molecule has 1 aromatic heterocycles. The van der Waals surface area contributed by atoms with Crippen molar-refractivity contribution in [1.29, 1.82) is 0 Å². The predicted octanol–water partition coefficient (Wildman–Crippen LogP) is 2.07. The maximum atomic E-state index is 13.5. The molecule has 1 unspecified atom stereocenters. The molecular weight excluding hydrogens is 197 g/mol. The second kappa shape index (κ2) is 3.96. The molecule has 1 heterocycles. The fraction of sp³-hybridized carbons (Fsp3) is 0.455. The van der Waals surface area contributed by atoms with E-state index in [-0.39, 0.29) is 17.5 Å². The van der Waals surface area contributed by atoms with Gasteiger partial charge in [0.05, 0.1) is 13.3 Å². The Morgan fingerprint density at radius 1 is 1.60 bits per heavy atom. The molecule has 2 rings (SSSR count). The lowest BCUT2D eigenvalue weighted by molar-refractivity contribution is -0.117. The minimum atomic E-state index is -0.351. The van der Waals surface area contributed by atoms with Crippen molar-refractivity contribution >= 4 is 5.78 Å². The highest BCUT2D eigenvalue weighted by atomic mass is 19.1. The van der Waals surface area contributed by atoms with Gasteiger partial charge in [-0.05, 0) is 17.9 Å². The zero-order valence-corrected chi connectivity index (χ0v) is 8.50. The Morgan fingerprint density at radius 2 is 2.40 bits per heavy atom. The van der Waals surface area contributed by atoms with Gasteiger partial charge in [-0.3, -0.25) is 4.79 Å². The Kier molecular flexibility index (Phi) is 2.66. The third-order valence-electron chi connectivity index (χ3n) is 2.75. The standard InChI is InChI=1S/C11H12FNO2/c1-15-11-5-9(10(12)6-13-11)7-2-3-8(14)4-7/h5-7H,2-4H2,1H3. The van der Waals surface area contributed by atoms with Crippen LogP contribution in [0, 0.1) is 5.82 Å². The van der Waals surface area contributed by atoms with Crippen molar-refractivity contribution in [3.8, 4) is 5.88 Å². The van der Waals surface area contributed by atoms with Crippen LogP contribution >= 0.6 is 0 Å². The third kappa shape index (κ3) is 1.98. The number of rotatable bonds is 2. The van der Waals surface area contributed by atoms with E-state index in [1.54, 1.807) is 6.07 Å². The fourth-order valence-electron chi connectivity index (χ4n) is 1.94. The number of hydrogen-bond acceptors (Lipinski definition) is 3. The van der Waals surface area contributed by atoms with Gasteiger partial charge >= 0.3 is 0 Å². The predicted molar refractivity (Wildman–Crippen MR) is 52.3 cm³/mol. The maximum absolute atomic E-state index is 13.5. The van der Waals surface area contributed by atoms with Gasteiger partial charge in [-0.1, -0.05) is 0 Å². The van der Waals surface area contributed by atoms with Crippen LogP contribution in [0.5, 0.6) is 5.88 Å². The highest BCUT2D eigenvalue weighted by molar-refractivity contribution is 5.81. The van der Waals surface area contributed by atoms with Gasteiger partial charge in [-0.25, -0.2) is 9.37 Å². The van der Waals surface area contributed by atoms with E-state index < -0.39 is 0 Å². The van der Waals surface area contributed by atoms with Gasteiger partial charge in [0.25, 0.3) is 0 Å². The van der Waals surface area contributed by atoms with Crippen LogP contribution < -0.4 is 4.74 Å². The molecule has 1 saturated carbocycles. The molecule has 15 heavy (non-hydrogen) atoms. The Balaban J connectivity index is 2.30. The highest BCUT2D eigenvalue weighted by Crippen LogP contribution is 2.34.